The van der Waals surface area contributed by atoms with E-state index >= 15 is 0 Å². The Balaban J connectivity index is 1.56. The van der Waals surface area contributed by atoms with Crippen LogP contribution < -0.4 is 10.2 Å². The van der Waals surface area contributed by atoms with Crippen LogP contribution in [-0.4, -0.2) is 42.3 Å². The predicted octanol–water partition coefficient (Wildman–Crippen LogP) is 1.41. The van der Waals surface area contributed by atoms with Gasteiger partial charge in [-0.25, -0.2) is 4.98 Å². The second-order valence-electron chi connectivity index (χ2n) is 6.35. The third kappa shape index (κ3) is 3.99. The minimum atomic E-state index is -0.332. The molecule has 2 aromatic rings. The third-order valence-electron chi connectivity index (χ3n) is 4.26. The smallest absolute Gasteiger partial charge is 0.225 e. The maximum atomic E-state index is 12.4. The number of hydrogen-bond acceptors (Lipinski definition) is 5. The molecule has 1 aliphatic heterocycles. The zero-order chi connectivity index (χ0) is 17.8. The zero-order valence-electron chi connectivity index (χ0n) is 14.4. The van der Waals surface area contributed by atoms with Crippen molar-refractivity contribution in [1.82, 2.24) is 15.2 Å². The van der Waals surface area contributed by atoms with E-state index in [0.29, 0.717) is 19.6 Å². The van der Waals surface area contributed by atoms with Crippen molar-refractivity contribution in [2.24, 2.45) is 5.92 Å². The van der Waals surface area contributed by atoms with E-state index in [1.165, 1.54) is 0 Å². The first-order chi connectivity index (χ1) is 12.0. The molecule has 0 radical (unpaired) electrons. The van der Waals surface area contributed by atoms with E-state index in [1.54, 1.807) is 23.4 Å². The van der Waals surface area contributed by atoms with Gasteiger partial charge in [0.15, 0.2) is 0 Å². The fourth-order valence-electron chi connectivity index (χ4n) is 2.99. The molecule has 7 heteroatoms. The standard InChI is InChI=1S/C18H22N4O3/c1-21(2)17-13(5-3-7-19-17)10-20-18(24)14-9-16(23)22(11-14)12-15-6-4-8-25-15/h3-8,14H,9-12H2,1-2H3,(H,20,24)/t14-/m1/s1. The van der Waals surface area contributed by atoms with Crippen LogP contribution in [0.2, 0.25) is 0 Å². The van der Waals surface area contributed by atoms with Crippen molar-refractivity contribution >= 4 is 17.6 Å². The van der Waals surface area contributed by atoms with Gasteiger partial charge in [-0.3, -0.25) is 9.59 Å². The monoisotopic (exact) mass is 342 g/mol. The van der Waals surface area contributed by atoms with Gasteiger partial charge in [0.25, 0.3) is 0 Å². The summed E-state index contributed by atoms with van der Waals surface area (Å²) in [4.78, 5) is 32.5. The number of anilines is 1. The van der Waals surface area contributed by atoms with Gasteiger partial charge in [-0.15, -0.1) is 0 Å². The molecule has 3 heterocycles. The number of pyridine rings is 1. The number of amides is 2. The van der Waals surface area contributed by atoms with Gasteiger partial charge in [0, 0.05) is 45.4 Å². The molecule has 132 valence electrons. The van der Waals surface area contributed by atoms with Crippen LogP contribution in [0.1, 0.15) is 17.7 Å². The quantitative estimate of drug-likeness (QED) is 0.859. The van der Waals surface area contributed by atoms with Crippen LogP contribution in [0.25, 0.3) is 0 Å². The van der Waals surface area contributed by atoms with Crippen molar-refractivity contribution in [3.8, 4) is 0 Å². The summed E-state index contributed by atoms with van der Waals surface area (Å²) in [5, 5.41) is 2.93. The van der Waals surface area contributed by atoms with Gasteiger partial charge in [0.05, 0.1) is 18.7 Å². The molecule has 1 aliphatic rings. The van der Waals surface area contributed by atoms with Gasteiger partial charge in [0.1, 0.15) is 11.6 Å². The topological polar surface area (TPSA) is 78.7 Å². The molecule has 2 amide bonds. The van der Waals surface area contributed by atoms with Crippen molar-refractivity contribution in [2.45, 2.75) is 19.5 Å². The van der Waals surface area contributed by atoms with Crippen LogP contribution in [-0.2, 0) is 22.7 Å². The lowest BCUT2D eigenvalue weighted by Gasteiger charge is -2.17. The SMILES string of the molecule is CN(C)c1ncccc1CNC(=O)[C@@H]1CC(=O)N(Cc2ccco2)C1. The van der Waals surface area contributed by atoms with Gasteiger partial charge in [-0.1, -0.05) is 6.07 Å². The number of rotatable bonds is 6. The summed E-state index contributed by atoms with van der Waals surface area (Å²) >= 11 is 0. The Kier molecular flexibility index (Phi) is 5.02. The first-order valence-corrected chi connectivity index (χ1v) is 8.23. The van der Waals surface area contributed by atoms with E-state index < -0.39 is 0 Å². The number of likely N-dealkylation sites (tertiary alicyclic amines) is 1. The number of nitrogens with zero attached hydrogens (tertiary/aromatic N) is 3. The summed E-state index contributed by atoms with van der Waals surface area (Å²) in [5.41, 5.74) is 0.942. The maximum absolute atomic E-state index is 12.4. The average Bonchev–Trinajstić information content (AvgIpc) is 3.23. The van der Waals surface area contributed by atoms with Crippen molar-refractivity contribution in [2.75, 3.05) is 25.5 Å². The minimum absolute atomic E-state index is 0.0214. The number of aromatic nitrogens is 1. The van der Waals surface area contributed by atoms with Crippen molar-refractivity contribution in [3.63, 3.8) is 0 Å². The van der Waals surface area contributed by atoms with Gasteiger partial charge < -0.3 is 19.5 Å². The number of nitrogens with one attached hydrogen (secondary N) is 1. The average molecular weight is 342 g/mol. The molecule has 0 unspecified atom stereocenters. The van der Waals surface area contributed by atoms with E-state index in [9.17, 15) is 9.59 Å². The van der Waals surface area contributed by atoms with E-state index in [1.807, 2.05) is 37.2 Å². The highest BCUT2D eigenvalue weighted by Gasteiger charge is 2.34. The van der Waals surface area contributed by atoms with E-state index in [-0.39, 0.29) is 24.2 Å². The third-order valence-corrected chi connectivity index (χ3v) is 4.26. The summed E-state index contributed by atoms with van der Waals surface area (Å²) in [5.74, 6) is 1.09. The second kappa shape index (κ2) is 7.38. The highest BCUT2D eigenvalue weighted by atomic mass is 16.3. The molecule has 0 aromatic carbocycles. The van der Waals surface area contributed by atoms with Crippen molar-refractivity contribution in [1.29, 1.82) is 0 Å². The molecular weight excluding hydrogens is 320 g/mol. The Morgan fingerprint density at radius 2 is 2.24 bits per heavy atom. The lowest BCUT2D eigenvalue weighted by Crippen LogP contribution is -2.33. The number of hydrogen-bond donors (Lipinski definition) is 1. The molecule has 1 fully saturated rings. The summed E-state index contributed by atoms with van der Waals surface area (Å²) < 4.78 is 5.27. The van der Waals surface area contributed by atoms with Crippen molar-refractivity contribution in [3.05, 3.63) is 48.0 Å². The highest BCUT2D eigenvalue weighted by Crippen LogP contribution is 2.21. The van der Waals surface area contributed by atoms with E-state index in [0.717, 1.165) is 17.1 Å². The minimum Gasteiger partial charge on any atom is -0.467 e. The molecule has 2 aromatic heterocycles. The first kappa shape index (κ1) is 17.0. The molecule has 0 bridgehead atoms. The van der Waals surface area contributed by atoms with Gasteiger partial charge in [0.2, 0.25) is 11.8 Å². The molecule has 3 rings (SSSR count). The number of carbonyl (C=O) groups is 2. The number of furan rings is 1. The van der Waals surface area contributed by atoms with Crippen LogP contribution in [0.5, 0.6) is 0 Å². The van der Waals surface area contributed by atoms with Crippen LogP contribution >= 0.6 is 0 Å². The molecule has 0 aliphatic carbocycles. The second-order valence-corrected chi connectivity index (χ2v) is 6.35. The maximum Gasteiger partial charge on any atom is 0.225 e. The van der Waals surface area contributed by atoms with Crippen LogP contribution in [0.15, 0.2) is 41.1 Å². The van der Waals surface area contributed by atoms with Gasteiger partial charge in [-0.2, -0.15) is 0 Å². The predicted molar refractivity (Wildman–Crippen MR) is 92.6 cm³/mol. The molecule has 0 spiro atoms. The fraction of sp³-hybridized carbons (Fsp3) is 0.389. The molecule has 7 nitrogen and oxygen atoms in total. The highest BCUT2D eigenvalue weighted by molar-refractivity contribution is 5.89. The molecule has 1 N–H and O–H groups in total. The largest absolute Gasteiger partial charge is 0.467 e. The van der Waals surface area contributed by atoms with Gasteiger partial charge >= 0.3 is 0 Å². The Bertz CT molecular complexity index is 743. The van der Waals surface area contributed by atoms with Crippen LogP contribution in [0, 0.1) is 5.92 Å². The summed E-state index contributed by atoms with van der Waals surface area (Å²) in [6, 6.07) is 7.40. The molecular formula is C18H22N4O3. The summed E-state index contributed by atoms with van der Waals surface area (Å²) in [6.45, 7) is 1.21. The van der Waals surface area contributed by atoms with Crippen molar-refractivity contribution < 1.29 is 14.0 Å². The van der Waals surface area contributed by atoms with Crippen LogP contribution in [0.3, 0.4) is 0 Å². The summed E-state index contributed by atoms with van der Waals surface area (Å²) in [7, 11) is 3.83. The lowest BCUT2D eigenvalue weighted by molar-refractivity contribution is -0.129. The lowest BCUT2D eigenvalue weighted by atomic mass is 10.1. The summed E-state index contributed by atoms with van der Waals surface area (Å²) in [6.07, 6.45) is 3.54. The Morgan fingerprint density at radius 3 is 2.96 bits per heavy atom. The molecule has 25 heavy (non-hydrogen) atoms. The Labute approximate surface area is 146 Å². The fourth-order valence-corrected chi connectivity index (χ4v) is 2.99. The Hall–Kier alpha value is -2.83. The number of carbonyl (C=O) groups excluding carboxylic acids is 2. The first-order valence-electron chi connectivity index (χ1n) is 8.23. The van der Waals surface area contributed by atoms with E-state index in [4.69, 9.17) is 4.42 Å². The van der Waals surface area contributed by atoms with Crippen LogP contribution in [0.4, 0.5) is 5.82 Å². The Morgan fingerprint density at radius 1 is 1.40 bits per heavy atom. The normalized spacial score (nSPS) is 17.0. The molecule has 1 saturated heterocycles. The van der Waals surface area contributed by atoms with Gasteiger partial charge in [-0.05, 0) is 18.2 Å². The molecule has 1 atom stereocenters. The zero-order valence-corrected chi connectivity index (χ0v) is 14.4. The molecule has 0 saturated carbocycles. The van der Waals surface area contributed by atoms with E-state index in [2.05, 4.69) is 10.3 Å².